The van der Waals surface area contributed by atoms with Gasteiger partial charge in [-0.25, -0.2) is 9.78 Å². The van der Waals surface area contributed by atoms with E-state index in [2.05, 4.69) is 15.5 Å². The van der Waals surface area contributed by atoms with Crippen molar-refractivity contribution in [1.29, 1.82) is 0 Å². The molecule has 2 saturated heterocycles. The molecule has 4 heterocycles. The zero-order chi connectivity index (χ0) is 30.1. The van der Waals surface area contributed by atoms with E-state index in [-0.39, 0.29) is 35.9 Å². The fourth-order valence-corrected chi connectivity index (χ4v) is 7.50. The van der Waals surface area contributed by atoms with Gasteiger partial charge in [-0.05, 0) is 49.6 Å². The number of hydrogen-bond donors (Lipinski definition) is 3. The molecule has 2 fully saturated rings. The first kappa shape index (κ1) is 28.9. The Bertz CT molecular complexity index is 1580. The van der Waals surface area contributed by atoms with Crippen LogP contribution < -0.4 is 15.8 Å². The maximum Gasteiger partial charge on any atom is 0.378 e. The average molecular weight is 615 g/mol. The molecule has 220 valence electrons. The smallest absolute Gasteiger partial charge is 0.378 e. The van der Waals surface area contributed by atoms with Crippen LogP contribution in [0.5, 0.6) is 5.75 Å². The van der Waals surface area contributed by atoms with E-state index in [1.54, 1.807) is 24.3 Å². The molecule has 16 heteroatoms. The third-order valence-corrected chi connectivity index (χ3v) is 9.62. The number of amides is 4. The van der Waals surface area contributed by atoms with Gasteiger partial charge in [-0.2, -0.15) is 0 Å². The number of rotatable bonds is 7. The normalized spacial score (nSPS) is 23.0. The van der Waals surface area contributed by atoms with E-state index in [9.17, 15) is 29.1 Å². The molecule has 1 aromatic heterocycles. The Hall–Kier alpha value is -4.57. The van der Waals surface area contributed by atoms with Gasteiger partial charge in [0.1, 0.15) is 24.6 Å². The van der Waals surface area contributed by atoms with E-state index in [4.69, 9.17) is 15.3 Å². The third kappa shape index (κ3) is 5.25. The second-order valence-corrected chi connectivity index (χ2v) is 12.1. The number of nitrogens with two attached hydrogens (primary N) is 1. The summed E-state index contributed by atoms with van der Waals surface area (Å²) in [6.07, 6.45) is 2.39. The highest BCUT2D eigenvalue weighted by Crippen LogP contribution is 2.42. The van der Waals surface area contributed by atoms with Crippen LogP contribution >= 0.6 is 22.0 Å². The Morgan fingerprint density at radius 3 is 2.57 bits per heavy atom. The van der Waals surface area contributed by atoms with Crippen LogP contribution in [0.3, 0.4) is 0 Å². The van der Waals surface area contributed by atoms with Crippen molar-refractivity contribution in [3.05, 3.63) is 52.6 Å². The summed E-state index contributed by atoms with van der Waals surface area (Å²) in [4.78, 5) is 74.8. The van der Waals surface area contributed by atoms with Crippen LogP contribution in [-0.2, 0) is 19.2 Å². The summed E-state index contributed by atoms with van der Waals surface area (Å²) in [7, 11) is 1.10. The van der Waals surface area contributed by atoms with Gasteiger partial charge in [0, 0.05) is 38.6 Å². The number of nitrogen functional groups attached to an aromatic ring is 1. The number of thiazole rings is 1. The number of aromatic nitrogens is 1. The number of benzene rings is 1. The number of carbonyl (C=O) groups is 5. The van der Waals surface area contributed by atoms with Crippen molar-refractivity contribution in [2.45, 2.75) is 31.3 Å². The zero-order valence-electron chi connectivity index (χ0n) is 22.4. The average Bonchev–Trinajstić information content (AvgIpc) is 3.58. The van der Waals surface area contributed by atoms with Crippen LogP contribution in [0.4, 0.5) is 9.93 Å². The van der Waals surface area contributed by atoms with Gasteiger partial charge in [0.15, 0.2) is 10.8 Å². The standard InChI is InChI=1S/C26H26N6O8S2/c1-39-15-5-3-13(4-6-15)22(34)31-10-9-14(23(31)35)11-16-7-8-18-20(24(36)32(18)42(16)26(37)38)29-21(33)19(30-40-2)17-12-41-25(27)28-17/h3-6,11-12,18,20H,7-10H2,1-2H3,(H2,27,28)(H,29,33)(H,37,38)/t18-,20-,42?/m1/s1. The molecule has 42 heavy (non-hydrogen) atoms. The number of anilines is 1. The first-order chi connectivity index (χ1) is 20.1. The molecule has 5 rings (SSSR count). The molecule has 0 saturated carbocycles. The third-order valence-electron chi connectivity index (χ3n) is 6.96. The Morgan fingerprint density at radius 1 is 1.21 bits per heavy atom. The second-order valence-electron chi connectivity index (χ2n) is 9.34. The molecule has 0 radical (unpaired) electrons. The molecular weight excluding hydrogens is 588 g/mol. The summed E-state index contributed by atoms with van der Waals surface area (Å²) >= 11 is 1.10. The van der Waals surface area contributed by atoms with E-state index in [0.717, 1.165) is 16.2 Å². The number of nitrogens with zero attached hydrogens (tertiary/aromatic N) is 4. The first-order valence-electron chi connectivity index (χ1n) is 12.6. The molecule has 3 aliphatic heterocycles. The van der Waals surface area contributed by atoms with Crippen molar-refractivity contribution in [3.8, 4) is 5.75 Å². The van der Waals surface area contributed by atoms with Crippen molar-refractivity contribution >= 4 is 66.6 Å². The second kappa shape index (κ2) is 11.7. The number of allylic oxidation sites excluding steroid dienone is 1. The number of oxime groups is 1. The number of imide groups is 1. The van der Waals surface area contributed by atoms with E-state index in [0.29, 0.717) is 28.2 Å². The zero-order valence-corrected chi connectivity index (χ0v) is 24.1. The summed E-state index contributed by atoms with van der Waals surface area (Å²) in [6.45, 7) is 0.152. The van der Waals surface area contributed by atoms with Crippen LogP contribution in [0, 0.1) is 0 Å². The summed E-state index contributed by atoms with van der Waals surface area (Å²) in [5.74, 6) is -1.69. The minimum atomic E-state index is -1.67. The highest BCUT2D eigenvalue weighted by atomic mass is 32.2. The molecule has 4 amide bonds. The van der Waals surface area contributed by atoms with Gasteiger partial charge in [0.25, 0.3) is 23.6 Å². The van der Waals surface area contributed by atoms with Gasteiger partial charge in [0.05, 0.1) is 13.2 Å². The van der Waals surface area contributed by atoms with E-state index in [1.165, 1.54) is 30.0 Å². The van der Waals surface area contributed by atoms with E-state index < -0.39 is 51.7 Å². The summed E-state index contributed by atoms with van der Waals surface area (Å²) in [6, 6.07) is 4.84. The summed E-state index contributed by atoms with van der Waals surface area (Å²) in [5, 5.41) is 16.9. The number of methoxy groups -OCH3 is 1. The van der Waals surface area contributed by atoms with Crippen molar-refractivity contribution in [3.63, 3.8) is 0 Å². The van der Waals surface area contributed by atoms with Crippen molar-refractivity contribution < 1.29 is 38.7 Å². The van der Waals surface area contributed by atoms with Crippen LogP contribution in [-0.4, -0.2) is 91.6 Å². The molecule has 1 aromatic carbocycles. The fourth-order valence-electron chi connectivity index (χ4n) is 4.95. The largest absolute Gasteiger partial charge is 0.497 e. The van der Waals surface area contributed by atoms with Gasteiger partial charge in [-0.1, -0.05) is 5.16 Å². The summed E-state index contributed by atoms with van der Waals surface area (Å²) in [5.41, 5.74) is 6.28. The minimum Gasteiger partial charge on any atom is -0.497 e. The fraction of sp³-hybridized carbons (Fsp3) is 0.308. The predicted octanol–water partition coefficient (Wildman–Crippen LogP) is 1.61. The molecule has 14 nitrogen and oxygen atoms in total. The molecular formula is C26H26N6O8S2. The summed E-state index contributed by atoms with van der Waals surface area (Å²) < 4.78 is 6.34. The number of β-lactam (4-membered cyclic amide) rings is 1. The molecule has 0 aliphatic carbocycles. The Morgan fingerprint density at radius 2 is 1.95 bits per heavy atom. The van der Waals surface area contributed by atoms with Crippen LogP contribution in [0.25, 0.3) is 0 Å². The topological polar surface area (TPSA) is 194 Å². The van der Waals surface area contributed by atoms with Crippen LogP contribution in [0.15, 0.2) is 46.5 Å². The maximum absolute atomic E-state index is 13.1. The van der Waals surface area contributed by atoms with Crippen molar-refractivity contribution in [2.75, 3.05) is 26.5 Å². The van der Waals surface area contributed by atoms with Gasteiger partial charge in [0.2, 0.25) is 0 Å². The van der Waals surface area contributed by atoms with Gasteiger partial charge < -0.3 is 25.7 Å². The number of nitrogens with one attached hydrogen (secondary N) is 1. The Balaban J connectivity index is 1.33. The lowest BCUT2D eigenvalue weighted by molar-refractivity contribution is -0.143. The van der Waals surface area contributed by atoms with Crippen molar-refractivity contribution in [1.82, 2.24) is 19.5 Å². The lowest BCUT2D eigenvalue weighted by Crippen LogP contribution is -2.70. The molecule has 2 aromatic rings. The molecule has 3 aliphatic rings. The van der Waals surface area contributed by atoms with E-state index >= 15 is 0 Å². The highest BCUT2D eigenvalue weighted by Gasteiger charge is 2.53. The minimum absolute atomic E-state index is 0.152. The van der Waals surface area contributed by atoms with Crippen LogP contribution in [0.1, 0.15) is 35.3 Å². The first-order valence-corrected chi connectivity index (χ1v) is 14.7. The molecule has 1 unspecified atom stereocenters. The number of likely N-dealkylation sites (tertiary alicyclic amines) is 1. The van der Waals surface area contributed by atoms with Crippen LogP contribution in [0.2, 0.25) is 0 Å². The molecule has 4 N–H and O–H groups in total. The van der Waals surface area contributed by atoms with Crippen molar-refractivity contribution in [2.24, 2.45) is 5.16 Å². The lowest BCUT2D eigenvalue weighted by atomic mass is 9.92. The predicted molar refractivity (Wildman–Crippen MR) is 154 cm³/mol. The van der Waals surface area contributed by atoms with Gasteiger partial charge in [-0.3, -0.25) is 28.4 Å². The number of carbonyl (C=O) groups excluding carboxylic acids is 4. The lowest BCUT2D eigenvalue weighted by Gasteiger charge is -2.50. The number of fused-ring (bicyclic) bond motifs is 1. The van der Waals surface area contributed by atoms with E-state index in [1.807, 2.05) is 0 Å². The van der Waals surface area contributed by atoms with Gasteiger partial charge in [-0.15, -0.1) is 11.3 Å². The number of carboxylic acid groups (broad SMARTS) is 1. The number of hydrogen-bond acceptors (Lipinski definition) is 11. The monoisotopic (exact) mass is 614 g/mol. The number of ether oxygens (including phenoxy) is 1. The molecule has 0 spiro atoms. The molecule has 3 atom stereocenters. The molecule has 0 bridgehead atoms. The highest BCUT2D eigenvalue weighted by molar-refractivity contribution is 8.26. The Kier molecular flexibility index (Phi) is 8.08. The quantitative estimate of drug-likeness (QED) is 0.103. The SMILES string of the molecule is CON=C(C(=O)N[C@H]1C(=O)N2[C@@H]1CCC(C=C1CCN(C(=O)c3ccc(OC)cc3)C1=O)=S2C(=O)O)c1csc(N)n1. The Labute approximate surface area is 245 Å². The maximum atomic E-state index is 13.1. The van der Waals surface area contributed by atoms with Gasteiger partial charge >= 0.3 is 5.30 Å².